The van der Waals surface area contributed by atoms with Gasteiger partial charge in [0.05, 0.1) is 15.9 Å². The minimum absolute atomic E-state index is 0.308. The fourth-order valence-electron chi connectivity index (χ4n) is 3.12. The van der Waals surface area contributed by atoms with E-state index in [4.69, 9.17) is 4.98 Å². The van der Waals surface area contributed by atoms with Gasteiger partial charge in [0, 0.05) is 28.1 Å². The third-order valence-electron chi connectivity index (χ3n) is 4.31. The maximum Gasteiger partial charge on any atom is 0.149 e. The standard InChI is InChI=1S/C19H11F2N5S/c20-11-6-12(21)8-13(7-11)23-19-18-15(3-4-27-18)14-2-1-10(5-16(14)24-19)17-9-22-26-25-17/h1-8H,9H2,(H,23,24). The first-order valence-electron chi connectivity index (χ1n) is 8.15. The van der Waals surface area contributed by atoms with Crippen LogP contribution in [0.5, 0.6) is 0 Å². The summed E-state index contributed by atoms with van der Waals surface area (Å²) in [4.78, 5) is 4.70. The van der Waals surface area contributed by atoms with E-state index in [1.807, 2.05) is 29.6 Å². The highest BCUT2D eigenvalue weighted by molar-refractivity contribution is 7.18. The minimum atomic E-state index is -0.644. The lowest BCUT2D eigenvalue weighted by molar-refractivity contribution is 0.584. The molecule has 0 saturated carbocycles. The highest BCUT2D eigenvalue weighted by Crippen LogP contribution is 2.35. The van der Waals surface area contributed by atoms with E-state index in [0.717, 1.165) is 38.3 Å². The van der Waals surface area contributed by atoms with Crippen molar-refractivity contribution in [3.05, 3.63) is 65.0 Å². The van der Waals surface area contributed by atoms with Crippen LogP contribution in [0.2, 0.25) is 0 Å². The number of anilines is 2. The van der Waals surface area contributed by atoms with Crippen LogP contribution in [0.15, 0.2) is 63.3 Å². The zero-order valence-electron chi connectivity index (χ0n) is 13.8. The van der Waals surface area contributed by atoms with Gasteiger partial charge in [-0.25, -0.2) is 13.8 Å². The van der Waals surface area contributed by atoms with E-state index in [9.17, 15) is 8.78 Å². The molecular weight excluding hydrogens is 368 g/mol. The first kappa shape index (κ1) is 16.0. The lowest BCUT2D eigenvalue weighted by Crippen LogP contribution is -2.02. The normalized spacial score (nSPS) is 13.5. The SMILES string of the molecule is Fc1cc(F)cc(Nc2nc3cc(C4=NN=NC4)ccc3c3ccsc23)c1. The molecule has 27 heavy (non-hydrogen) atoms. The van der Waals surface area contributed by atoms with Crippen LogP contribution in [-0.2, 0) is 0 Å². The van der Waals surface area contributed by atoms with E-state index in [2.05, 4.69) is 20.8 Å². The van der Waals surface area contributed by atoms with Gasteiger partial charge in [0.2, 0.25) is 0 Å². The molecule has 5 rings (SSSR count). The topological polar surface area (TPSA) is 62.0 Å². The lowest BCUT2D eigenvalue weighted by atomic mass is 10.1. The van der Waals surface area contributed by atoms with Gasteiger partial charge in [-0.05, 0) is 34.9 Å². The van der Waals surface area contributed by atoms with Crippen molar-refractivity contribution in [3.8, 4) is 0 Å². The molecule has 5 nitrogen and oxygen atoms in total. The van der Waals surface area contributed by atoms with Gasteiger partial charge < -0.3 is 5.32 Å². The maximum atomic E-state index is 13.5. The van der Waals surface area contributed by atoms with Gasteiger partial charge in [-0.1, -0.05) is 12.1 Å². The molecule has 1 aliphatic rings. The molecule has 0 unspecified atom stereocenters. The predicted octanol–water partition coefficient (Wildman–Crippen LogP) is 5.64. The Kier molecular flexibility index (Phi) is 3.64. The van der Waals surface area contributed by atoms with Crippen LogP contribution >= 0.6 is 11.3 Å². The lowest BCUT2D eigenvalue weighted by Gasteiger charge is -2.10. The van der Waals surface area contributed by atoms with Gasteiger partial charge in [-0.3, -0.25) is 0 Å². The summed E-state index contributed by atoms with van der Waals surface area (Å²) in [5.41, 5.74) is 2.75. The van der Waals surface area contributed by atoms with Crippen molar-refractivity contribution in [1.82, 2.24) is 4.98 Å². The van der Waals surface area contributed by atoms with E-state index >= 15 is 0 Å². The molecular formula is C19H11F2N5S. The molecule has 1 aliphatic heterocycles. The summed E-state index contributed by atoms with van der Waals surface area (Å²) in [5, 5.41) is 18.6. The van der Waals surface area contributed by atoms with Crippen molar-refractivity contribution in [3.63, 3.8) is 0 Å². The number of rotatable bonds is 3. The second-order valence-electron chi connectivity index (χ2n) is 6.07. The van der Waals surface area contributed by atoms with Crippen molar-refractivity contribution >= 4 is 49.5 Å². The predicted molar refractivity (Wildman–Crippen MR) is 103 cm³/mol. The molecule has 8 heteroatoms. The van der Waals surface area contributed by atoms with Crippen molar-refractivity contribution in [2.75, 3.05) is 11.9 Å². The number of aromatic nitrogens is 1. The zero-order valence-corrected chi connectivity index (χ0v) is 14.6. The molecule has 0 aliphatic carbocycles. The average Bonchev–Trinajstić information content (AvgIpc) is 3.33. The fraction of sp³-hybridized carbons (Fsp3) is 0.0526. The third-order valence-corrected chi connectivity index (χ3v) is 5.23. The maximum absolute atomic E-state index is 13.5. The quantitative estimate of drug-likeness (QED) is 0.501. The molecule has 3 heterocycles. The number of fused-ring (bicyclic) bond motifs is 3. The summed E-state index contributed by atoms with van der Waals surface area (Å²) in [6.07, 6.45) is 0. The monoisotopic (exact) mass is 379 g/mol. The number of halogens is 2. The van der Waals surface area contributed by atoms with Gasteiger partial charge in [0.15, 0.2) is 0 Å². The molecule has 0 radical (unpaired) electrons. The summed E-state index contributed by atoms with van der Waals surface area (Å²) < 4.78 is 28.0. The summed E-state index contributed by atoms with van der Waals surface area (Å²) in [5.74, 6) is -0.734. The second kappa shape index (κ2) is 6.17. The first-order valence-corrected chi connectivity index (χ1v) is 9.03. The Morgan fingerprint density at radius 1 is 0.963 bits per heavy atom. The summed E-state index contributed by atoms with van der Waals surface area (Å²) >= 11 is 1.52. The second-order valence-corrected chi connectivity index (χ2v) is 6.99. The van der Waals surface area contributed by atoms with E-state index in [1.165, 1.54) is 23.5 Å². The van der Waals surface area contributed by atoms with Gasteiger partial charge in [-0.15, -0.1) is 16.4 Å². The molecule has 0 atom stereocenters. The van der Waals surface area contributed by atoms with Gasteiger partial charge in [0.25, 0.3) is 0 Å². The Morgan fingerprint density at radius 3 is 2.59 bits per heavy atom. The molecule has 0 bridgehead atoms. The number of pyridine rings is 1. The van der Waals surface area contributed by atoms with E-state index < -0.39 is 11.6 Å². The fourth-order valence-corrected chi connectivity index (χ4v) is 3.97. The smallest absolute Gasteiger partial charge is 0.149 e. The molecule has 4 aromatic rings. The Bertz CT molecular complexity index is 1240. The Balaban J connectivity index is 1.66. The van der Waals surface area contributed by atoms with Crippen LogP contribution in [-0.4, -0.2) is 17.2 Å². The van der Waals surface area contributed by atoms with Gasteiger partial charge in [-0.2, -0.15) is 5.11 Å². The number of hydrogen-bond donors (Lipinski definition) is 1. The Morgan fingerprint density at radius 2 is 1.81 bits per heavy atom. The number of nitrogens with one attached hydrogen (secondary N) is 1. The molecule has 0 fully saturated rings. The van der Waals surface area contributed by atoms with E-state index in [-0.39, 0.29) is 0 Å². The Hall–Kier alpha value is -3.26. The van der Waals surface area contributed by atoms with Crippen molar-refractivity contribution < 1.29 is 8.78 Å². The van der Waals surface area contributed by atoms with E-state index in [0.29, 0.717) is 18.1 Å². The average molecular weight is 379 g/mol. The van der Waals surface area contributed by atoms with Crippen LogP contribution in [0.25, 0.3) is 21.0 Å². The van der Waals surface area contributed by atoms with Crippen molar-refractivity contribution in [1.29, 1.82) is 0 Å². The van der Waals surface area contributed by atoms with Crippen LogP contribution < -0.4 is 5.32 Å². The largest absolute Gasteiger partial charge is 0.339 e. The molecule has 0 spiro atoms. The van der Waals surface area contributed by atoms with Crippen LogP contribution in [0.1, 0.15) is 5.56 Å². The van der Waals surface area contributed by atoms with Crippen molar-refractivity contribution in [2.24, 2.45) is 15.4 Å². The van der Waals surface area contributed by atoms with Gasteiger partial charge in [0.1, 0.15) is 24.0 Å². The molecule has 2 aromatic heterocycles. The highest BCUT2D eigenvalue weighted by atomic mass is 32.1. The third kappa shape index (κ3) is 2.83. The van der Waals surface area contributed by atoms with Gasteiger partial charge >= 0.3 is 0 Å². The number of nitrogens with zero attached hydrogens (tertiary/aromatic N) is 4. The van der Waals surface area contributed by atoms with Crippen molar-refractivity contribution in [2.45, 2.75) is 0 Å². The first-order chi connectivity index (χ1) is 13.2. The van der Waals surface area contributed by atoms with Crippen LogP contribution in [0, 0.1) is 11.6 Å². The summed E-state index contributed by atoms with van der Waals surface area (Å²) in [6, 6.07) is 11.2. The molecule has 2 aromatic carbocycles. The zero-order chi connectivity index (χ0) is 18.4. The van der Waals surface area contributed by atoms with E-state index in [1.54, 1.807) is 0 Å². The Labute approximate surface area is 156 Å². The van der Waals surface area contributed by atoms with Crippen LogP contribution in [0.4, 0.5) is 20.3 Å². The highest BCUT2D eigenvalue weighted by Gasteiger charge is 2.14. The molecule has 1 N–H and O–H groups in total. The summed E-state index contributed by atoms with van der Waals surface area (Å²) in [6.45, 7) is 0.444. The molecule has 132 valence electrons. The number of benzene rings is 2. The van der Waals surface area contributed by atoms with Crippen LogP contribution in [0.3, 0.4) is 0 Å². The minimum Gasteiger partial charge on any atom is -0.339 e. The number of hydrogen-bond acceptors (Lipinski definition) is 6. The molecule has 0 amide bonds. The molecule has 0 saturated heterocycles. The number of thiophene rings is 1. The summed E-state index contributed by atoms with van der Waals surface area (Å²) in [7, 11) is 0.